The summed E-state index contributed by atoms with van der Waals surface area (Å²) in [7, 11) is 3.08. The highest BCUT2D eigenvalue weighted by Gasteiger charge is 2.32. The van der Waals surface area contributed by atoms with Crippen LogP contribution in [0.1, 0.15) is 41.8 Å². The lowest BCUT2D eigenvalue weighted by molar-refractivity contribution is -0.137. The normalized spacial score (nSPS) is 13.1. The van der Waals surface area contributed by atoms with Crippen molar-refractivity contribution in [1.82, 2.24) is 10.6 Å². The summed E-state index contributed by atoms with van der Waals surface area (Å²) < 4.78 is 49.4. The van der Waals surface area contributed by atoms with E-state index in [0.717, 1.165) is 17.7 Å². The van der Waals surface area contributed by atoms with Crippen LogP contribution in [0.5, 0.6) is 11.5 Å². The standard InChI is InChI=1S/C24H29F3N2O4/c1-5-15(2)21(29-22(30)17-7-6-8-18(14-17)24(25,26)27)23(31)28-12-11-16-9-10-19(32-3)20(13-16)33-4/h6-10,13-15,21H,5,11-12H2,1-4H3,(H,28,31)(H,29,30). The summed E-state index contributed by atoms with van der Waals surface area (Å²) in [5, 5.41) is 5.39. The average molecular weight is 467 g/mol. The lowest BCUT2D eigenvalue weighted by Gasteiger charge is -2.24. The molecule has 0 aliphatic carbocycles. The van der Waals surface area contributed by atoms with E-state index in [-0.39, 0.29) is 11.5 Å². The fraction of sp³-hybridized carbons (Fsp3) is 0.417. The van der Waals surface area contributed by atoms with Crippen molar-refractivity contribution in [3.63, 3.8) is 0 Å². The topological polar surface area (TPSA) is 76.7 Å². The van der Waals surface area contributed by atoms with Gasteiger partial charge in [0.25, 0.3) is 5.91 Å². The minimum atomic E-state index is -4.56. The summed E-state index contributed by atoms with van der Waals surface area (Å²) in [6.45, 7) is 3.97. The summed E-state index contributed by atoms with van der Waals surface area (Å²) in [6, 6.07) is 8.67. The third-order valence-electron chi connectivity index (χ3n) is 5.39. The maximum Gasteiger partial charge on any atom is 0.416 e. The van der Waals surface area contributed by atoms with E-state index in [1.54, 1.807) is 20.1 Å². The molecule has 2 unspecified atom stereocenters. The lowest BCUT2D eigenvalue weighted by atomic mass is 9.97. The largest absolute Gasteiger partial charge is 0.493 e. The Balaban J connectivity index is 2.04. The zero-order valence-electron chi connectivity index (χ0n) is 19.1. The fourth-order valence-corrected chi connectivity index (χ4v) is 3.24. The molecule has 33 heavy (non-hydrogen) atoms. The van der Waals surface area contributed by atoms with Gasteiger partial charge in [0.2, 0.25) is 5.91 Å². The van der Waals surface area contributed by atoms with Crippen LogP contribution in [0.2, 0.25) is 0 Å². The number of nitrogens with one attached hydrogen (secondary N) is 2. The van der Waals surface area contributed by atoms with E-state index in [1.165, 1.54) is 19.2 Å². The number of carbonyl (C=O) groups excluding carboxylic acids is 2. The third-order valence-corrected chi connectivity index (χ3v) is 5.39. The Bertz CT molecular complexity index is 963. The van der Waals surface area contributed by atoms with Crippen LogP contribution in [0.3, 0.4) is 0 Å². The minimum absolute atomic E-state index is 0.156. The molecule has 0 saturated heterocycles. The molecule has 2 atom stereocenters. The van der Waals surface area contributed by atoms with Crippen molar-refractivity contribution in [3.05, 3.63) is 59.2 Å². The smallest absolute Gasteiger partial charge is 0.416 e. The van der Waals surface area contributed by atoms with Crippen LogP contribution < -0.4 is 20.1 Å². The summed E-state index contributed by atoms with van der Waals surface area (Å²) in [4.78, 5) is 25.4. The van der Waals surface area contributed by atoms with Crippen LogP contribution >= 0.6 is 0 Å². The van der Waals surface area contributed by atoms with Gasteiger partial charge in [-0.05, 0) is 48.2 Å². The van der Waals surface area contributed by atoms with Gasteiger partial charge in [0.1, 0.15) is 6.04 Å². The fourth-order valence-electron chi connectivity index (χ4n) is 3.24. The number of hydrogen-bond donors (Lipinski definition) is 2. The van der Waals surface area contributed by atoms with E-state index in [2.05, 4.69) is 10.6 Å². The number of amides is 2. The highest BCUT2D eigenvalue weighted by molar-refractivity contribution is 5.97. The van der Waals surface area contributed by atoms with Gasteiger partial charge in [-0.3, -0.25) is 9.59 Å². The van der Waals surface area contributed by atoms with Crippen molar-refractivity contribution in [3.8, 4) is 11.5 Å². The molecule has 0 fully saturated rings. The predicted octanol–water partition coefficient (Wildman–Crippen LogP) is 4.23. The molecule has 0 bridgehead atoms. The molecule has 180 valence electrons. The molecule has 6 nitrogen and oxygen atoms in total. The lowest BCUT2D eigenvalue weighted by Crippen LogP contribution is -2.50. The number of halogens is 3. The number of ether oxygens (including phenoxy) is 2. The van der Waals surface area contributed by atoms with Crippen LogP contribution in [-0.4, -0.2) is 38.6 Å². The number of rotatable bonds is 10. The average Bonchev–Trinajstić information content (AvgIpc) is 2.81. The molecule has 0 radical (unpaired) electrons. The van der Waals surface area contributed by atoms with Crippen LogP contribution in [-0.2, 0) is 17.4 Å². The van der Waals surface area contributed by atoms with Crippen molar-refractivity contribution in [1.29, 1.82) is 0 Å². The van der Waals surface area contributed by atoms with Gasteiger partial charge in [-0.25, -0.2) is 0 Å². The van der Waals surface area contributed by atoms with Crippen molar-refractivity contribution in [2.45, 2.75) is 38.9 Å². The first-order valence-corrected chi connectivity index (χ1v) is 10.6. The summed E-state index contributed by atoms with van der Waals surface area (Å²) in [6.07, 6.45) is -3.45. The highest BCUT2D eigenvalue weighted by Crippen LogP contribution is 2.30. The van der Waals surface area contributed by atoms with E-state index in [9.17, 15) is 22.8 Å². The minimum Gasteiger partial charge on any atom is -0.493 e. The molecule has 9 heteroatoms. The van der Waals surface area contributed by atoms with E-state index in [0.29, 0.717) is 30.9 Å². The first-order chi connectivity index (χ1) is 15.6. The Morgan fingerprint density at radius 1 is 1.03 bits per heavy atom. The summed E-state index contributed by atoms with van der Waals surface area (Å²) >= 11 is 0. The summed E-state index contributed by atoms with van der Waals surface area (Å²) in [5.41, 5.74) is -0.160. The van der Waals surface area contributed by atoms with Gasteiger partial charge in [0.15, 0.2) is 11.5 Å². The summed E-state index contributed by atoms with van der Waals surface area (Å²) in [5.74, 6) is -0.181. The van der Waals surface area contributed by atoms with Crippen molar-refractivity contribution in [2.24, 2.45) is 5.92 Å². The number of alkyl halides is 3. The first kappa shape index (κ1) is 26.0. The van der Waals surface area contributed by atoms with E-state index >= 15 is 0 Å². The van der Waals surface area contributed by atoms with Crippen LogP contribution in [0.4, 0.5) is 13.2 Å². The molecule has 0 saturated carbocycles. The number of benzene rings is 2. The Kier molecular flexibility index (Phi) is 9.13. The van der Waals surface area contributed by atoms with Gasteiger partial charge in [0.05, 0.1) is 19.8 Å². The van der Waals surface area contributed by atoms with E-state index < -0.39 is 29.6 Å². The number of hydrogen-bond acceptors (Lipinski definition) is 4. The second-order valence-electron chi connectivity index (χ2n) is 7.65. The Morgan fingerprint density at radius 3 is 2.33 bits per heavy atom. The Morgan fingerprint density at radius 2 is 1.73 bits per heavy atom. The molecular weight excluding hydrogens is 437 g/mol. The number of carbonyl (C=O) groups is 2. The highest BCUT2D eigenvalue weighted by atomic mass is 19.4. The molecule has 2 aromatic carbocycles. The monoisotopic (exact) mass is 466 g/mol. The molecule has 0 aliphatic heterocycles. The Hall–Kier alpha value is -3.23. The quantitative estimate of drug-likeness (QED) is 0.550. The van der Waals surface area contributed by atoms with Gasteiger partial charge in [-0.15, -0.1) is 0 Å². The predicted molar refractivity (Wildman–Crippen MR) is 118 cm³/mol. The zero-order valence-corrected chi connectivity index (χ0v) is 19.1. The zero-order chi connectivity index (χ0) is 24.6. The van der Waals surface area contributed by atoms with Crippen LogP contribution in [0.25, 0.3) is 0 Å². The van der Waals surface area contributed by atoms with Crippen LogP contribution in [0.15, 0.2) is 42.5 Å². The molecular formula is C24H29F3N2O4. The van der Waals surface area contributed by atoms with Gasteiger partial charge in [-0.2, -0.15) is 13.2 Å². The Labute approximate surface area is 191 Å². The van der Waals surface area contributed by atoms with Crippen molar-refractivity contribution >= 4 is 11.8 Å². The van der Waals surface area contributed by atoms with Gasteiger partial charge in [0, 0.05) is 12.1 Å². The van der Waals surface area contributed by atoms with Crippen molar-refractivity contribution in [2.75, 3.05) is 20.8 Å². The van der Waals surface area contributed by atoms with Gasteiger partial charge in [-0.1, -0.05) is 32.4 Å². The second-order valence-corrected chi connectivity index (χ2v) is 7.65. The van der Waals surface area contributed by atoms with Crippen molar-refractivity contribution < 1.29 is 32.2 Å². The molecule has 2 N–H and O–H groups in total. The molecule has 0 aliphatic rings. The third kappa shape index (κ3) is 7.13. The molecule has 0 aromatic heterocycles. The molecule has 0 spiro atoms. The van der Waals surface area contributed by atoms with Gasteiger partial charge >= 0.3 is 6.18 Å². The first-order valence-electron chi connectivity index (χ1n) is 10.6. The number of methoxy groups -OCH3 is 2. The van der Waals surface area contributed by atoms with Crippen LogP contribution in [0, 0.1) is 5.92 Å². The maximum atomic E-state index is 13.0. The second kappa shape index (κ2) is 11.6. The molecule has 0 heterocycles. The van der Waals surface area contributed by atoms with E-state index in [4.69, 9.17) is 9.47 Å². The maximum absolute atomic E-state index is 13.0. The SMILES string of the molecule is CCC(C)C(NC(=O)c1cccc(C(F)(F)F)c1)C(=O)NCCc1ccc(OC)c(OC)c1. The molecule has 2 rings (SSSR count). The molecule has 2 aromatic rings. The van der Waals surface area contributed by atoms with Gasteiger partial charge < -0.3 is 20.1 Å². The molecule has 2 amide bonds. The van der Waals surface area contributed by atoms with E-state index in [1.807, 2.05) is 19.1 Å².